The molecule has 0 heterocycles. The van der Waals surface area contributed by atoms with Crippen LogP contribution in [0, 0.1) is 23.7 Å². The smallest absolute Gasteiger partial charge is 0.333 e. The van der Waals surface area contributed by atoms with Crippen molar-refractivity contribution in [3.8, 4) is 0 Å². The average Bonchev–Trinajstić information content (AvgIpc) is 2.77. The first kappa shape index (κ1) is 24.7. The first-order valence-corrected chi connectivity index (χ1v) is 12.3. The van der Waals surface area contributed by atoms with E-state index < -0.39 is 0 Å². The Balaban J connectivity index is 1.81. The molecule has 0 aromatic heterocycles. The van der Waals surface area contributed by atoms with Gasteiger partial charge in [-0.1, -0.05) is 26.0 Å². The summed E-state index contributed by atoms with van der Waals surface area (Å²) in [6.07, 6.45) is 15.7. The lowest BCUT2D eigenvalue weighted by Gasteiger charge is -2.37. The van der Waals surface area contributed by atoms with Crippen LogP contribution in [0.3, 0.4) is 0 Å². The molecule has 0 N–H and O–H groups in total. The van der Waals surface area contributed by atoms with Crippen LogP contribution in [0.2, 0.25) is 0 Å². The van der Waals surface area contributed by atoms with Crippen LogP contribution in [0.4, 0.5) is 0 Å². The number of ether oxygens (including phenoxy) is 2. The van der Waals surface area contributed by atoms with Crippen LogP contribution >= 0.6 is 0 Å². The van der Waals surface area contributed by atoms with Crippen molar-refractivity contribution in [2.45, 2.75) is 91.9 Å². The summed E-state index contributed by atoms with van der Waals surface area (Å²) in [4.78, 5) is 24.1. The molecule has 0 bridgehead atoms. The van der Waals surface area contributed by atoms with Crippen LogP contribution in [0.25, 0.3) is 0 Å². The summed E-state index contributed by atoms with van der Waals surface area (Å²) in [7, 11) is 0. The maximum Gasteiger partial charge on any atom is 0.333 e. The normalized spacial score (nSPS) is 28.1. The highest BCUT2D eigenvalue weighted by molar-refractivity contribution is 5.88. The van der Waals surface area contributed by atoms with Crippen molar-refractivity contribution in [3.63, 3.8) is 0 Å². The second-order valence-electron chi connectivity index (χ2n) is 8.88. The molecule has 0 aromatic carbocycles. The zero-order valence-electron chi connectivity index (χ0n) is 19.6. The molecule has 2 saturated carbocycles. The molecule has 2 fully saturated rings. The zero-order chi connectivity index (χ0) is 21.9. The van der Waals surface area contributed by atoms with E-state index in [1.54, 1.807) is 0 Å². The Bertz CT molecular complexity index is 549. The molecule has 0 spiro atoms. The van der Waals surface area contributed by atoms with Gasteiger partial charge in [-0.3, -0.25) is 0 Å². The molecular formula is C26H42O4. The van der Waals surface area contributed by atoms with Crippen molar-refractivity contribution in [2.75, 3.05) is 13.2 Å². The van der Waals surface area contributed by atoms with E-state index in [2.05, 4.69) is 12.2 Å². The SMILES string of the molecule is CCOC(=O)/C(=C/C1CCC(C2CCC(/C=C(\CC)C(=O)OCC)CC2)CC1)CC. The van der Waals surface area contributed by atoms with Crippen LogP contribution in [0.5, 0.6) is 0 Å². The topological polar surface area (TPSA) is 52.6 Å². The fourth-order valence-electron chi connectivity index (χ4n) is 5.24. The van der Waals surface area contributed by atoms with Gasteiger partial charge >= 0.3 is 11.9 Å². The lowest BCUT2D eigenvalue weighted by atomic mass is 9.69. The second-order valence-corrected chi connectivity index (χ2v) is 8.88. The third-order valence-corrected chi connectivity index (χ3v) is 7.01. The molecule has 170 valence electrons. The lowest BCUT2D eigenvalue weighted by molar-refractivity contribution is -0.139. The number of carbonyl (C=O) groups excluding carboxylic acids is 2. The minimum absolute atomic E-state index is 0.136. The Hall–Kier alpha value is -1.58. The average molecular weight is 419 g/mol. The van der Waals surface area contributed by atoms with Crippen molar-refractivity contribution in [1.82, 2.24) is 0 Å². The van der Waals surface area contributed by atoms with E-state index in [0.29, 0.717) is 25.0 Å². The Kier molecular flexibility index (Phi) is 10.7. The number of hydrogen-bond donors (Lipinski definition) is 0. The molecule has 4 nitrogen and oxygen atoms in total. The highest BCUT2D eigenvalue weighted by atomic mass is 16.5. The van der Waals surface area contributed by atoms with Gasteiger partial charge in [-0.15, -0.1) is 0 Å². The molecule has 2 aliphatic rings. The third kappa shape index (κ3) is 7.28. The van der Waals surface area contributed by atoms with Crippen molar-refractivity contribution in [3.05, 3.63) is 23.3 Å². The zero-order valence-corrected chi connectivity index (χ0v) is 19.6. The van der Waals surface area contributed by atoms with Crippen molar-refractivity contribution in [1.29, 1.82) is 0 Å². The van der Waals surface area contributed by atoms with Gasteiger partial charge in [0.1, 0.15) is 0 Å². The summed E-state index contributed by atoms with van der Waals surface area (Å²) < 4.78 is 10.4. The standard InChI is InChI=1S/C26H42O4/c1-5-21(25(27)29-7-3)17-19-9-13-23(14-10-19)24-15-11-20(12-16-24)18-22(6-2)26(28)30-8-4/h17-20,23-24H,5-16H2,1-4H3/b21-17+,22-18+. The van der Waals surface area contributed by atoms with Gasteiger partial charge in [-0.25, -0.2) is 9.59 Å². The fraction of sp³-hybridized carbons (Fsp3) is 0.769. The van der Waals surface area contributed by atoms with E-state index in [9.17, 15) is 9.59 Å². The summed E-state index contributed by atoms with van der Waals surface area (Å²) >= 11 is 0. The molecule has 0 amide bonds. The van der Waals surface area contributed by atoms with Gasteiger partial charge in [0.25, 0.3) is 0 Å². The van der Waals surface area contributed by atoms with Gasteiger partial charge in [-0.05, 0) is 102 Å². The van der Waals surface area contributed by atoms with E-state index in [-0.39, 0.29) is 11.9 Å². The summed E-state index contributed by atoms with van der Waals surface area (Å²) in [6.45, 7) is 8.68. The van der Waals surface area contributed by atoms with Crippen molar-refractivity contribution in [2.24, 2.45) is 23.7 Å². The highest BCUT2D eigenvalue weighted by Crippen LogP contribution is 2.42. The minimum atomic E-state index is -0.136. The number of esters is 2. The van der Waals surface area contributed by atoms with Gasteiger partial charge in [0.15, 0.2) is 0 Å². The molecule has 2 rings (SSSR count). The Labute approximate surface area is 183 Å². The molecule has 4 heteroatoms. The molecule has 0 atom stereocenters. The number of hydrogen-bond acceptors (Lipinski definition) is 4. The maximum absolute atomic E-state index is 12.0. The molecular weight excluding hydrogens is 376 g/mol. The van der Waals surface area contributed by atoms with Crippen molar-refractivity contribution >= 4 is 11.9 Å². The quantitative estimate of drug-likeness (QED) is 0.321. The van der Waals surface area contributed by atoms with E-state index in [1.165, 1.54) is 51.4 Å². The van der Waals surface area contributed by atoms with E-state index in [4.69, 9.17) is 9.47 Å². The molecule has 0 saturated heterocycles. The maximum atomic E-state index is 12.0. The third-order valence-electron chi connectivity index (χ3n) is 7.01. The Morgan fingerprint density at radius 3 is 1.23 bits per heavy atom. The van der Waals surface area contributed by atoms with Crippen molar-refractivity contribution < 1.29 is 19.1 Å². The molecule has 0 aromatic rings. The lowest BCUT2D eigenvalue weighted by Crippen LogP contribution is -2.25. The number of rotatable bonds is 9. The van der Waals surface area contributed by atoms with E-state index in [0.717, 1.165) is 35.8 Å². The van der Waals surface area contributed by atoms with Gasteiger partial charge in [0.05, 0.1) is 13.2 Å². The fourth-order valence-corrected chi connectivity index (χ4v) is 5.24. The summed E-state index contributed by atoms with van der Waals surface area (Å²) in [5.74, 6) is 2.42. The van der Waals surface area contributed by atoms with Gasteiger partial charge in [-0.2, -0.15) is 0 Å². The van der Waals surface area contributed by atoms with Crippen LogP contribution in [0.15, 0.2) is 23.3 Å². The summed E-state index contributed by atoms with van der Waals surface area (Å²) in [5, 5.41) is 0. The monoisotopic (exact) mass is 418 g/mol. The molecule has 2 aliphatic carbocycles. The molecule has 30 heavy (non-hydrogen) atoms. The Morgan fingerprint density at radius 2 is 0.967 bits per heavy atom. The molecule has 0 aliphatic heterocycles. The predicted molar refractivity (Wildman–Crippen MR) is 121 cm³/mol. The summed E-state index contributed by atoms with van der Waals surface area (Å²) in [5.41, 5.74) is 1.70. The van der Waals surface area contributed by atoms with Gasteiger partial charge < -0.3 is 9.47 Å². The van der Waals surface area contributed by atoms with Crippen LogP contribution in [-0.2, 0) is 19.1 Å². The van der Waals surface area contributed by atoms with Gasteiger partial charge in [0, 0.05) is 11.1 Å². The molecule has 0 unspecified atom stereocenters. The molecule has 0 radical (unpaired) electrons. The number of carbonyl (C=O) groups is 2. The van der Waals surface area contributed by atoms with E-state index >= 15 is 0 Å². The van der Waals surface area contributed by atoms with Crippen LogP contribution in [-0.4, -0.2) is 25.2 Å². The largest absolute Gasteiger partial charge is 0.463 e. The number of allylic oxidation sites excluding steroid dienone is 2. The first-order valence-electron chi connectivity index (χ1n) is 12.3. The first-order chi connectivity index (χ1) is 14.5. The van der Waals surface area contributed by atoms with Gasteiger partial charge in [0.2, 0.25) is 0 Å². The van der Waals surface area contributed by atoms with Crippen LogP contribution < -0.4 is 0 Å². The Morgan fingerprint density at radius 1 is 0.633 bits per heavy atom. The highest BCUT2D eigenvalue weighted by Gasteiger charge is 2.30. The second kappa shape index (κ2) is 13.0. The van der Waals surface area contributed by atoms with E-state index in [1.807, 2.05) is 27.7 Å². The minimum Gasteiger partial charge on any atom is -0.463 e. The summed E-state index contributed by atoms with van der Waals surface area (Å²) in [6, 6.07) is 0. The van der Waals surface area contributed by atoms with Crippen LogP contribution in [0.1, 0.15) is 91.9 Å². The predicted octanol–water partition coefficient (Wildman–Crippen LogP) is 6.40.